The van der Waals surface area contributed by atoms with Gasteiger partial charge in [-0.2, -0.15) is 0 Å². The fraction of sp³-hybridized carbons (Fsp3) is 0.942. The molecule has 0 amide bonds. The minimum Gasteiger partial charge on any atom is -0.432 e. The molecule has 8 fully saturated rings. The fourth-order valence-corrected chi connectivity index (χ4v) is 15.9. The lowest BCUT2D eigenvalue weighted by Gasteiger charge is -2.71. The minimum absolute atomic E-state index is 0.0394. The summed E-state index contributed by atoms with van der Waals surface area (Å²) in [6.07, 6.45) is -19.7. The topological polar surface area (TPSA) is 354 Å². The Kier molecular flexibility index (Phi) is 16.1. The molecule has 13 N–H and O–H groups in total. The molecule has 0 spiro atoms. The van der Waals surface area contributed by atoms with Gasteiger partial charge >= 0.3 is 5.97 Å². The second kappa shape index (κ2) is 20.8. The van der Waals surface area contributed by atoms with E-state index in [0.29, 0.717) is 38.5 Å². The highest BCUT2D eigenvalue weighted by atomic mass is 16.8. The molecule has 4 saturated heterocycles. The van der Waals surface area contributed by atoms with Crippen molar-refractivity contribution in [3.63, 3.8) is 0 Å². The van der Waals surface area contributed by atoms with Crippen LogP contribution < -0.4 is 0 Å². The van der Waals surface area contributed by atoms with Crippen LogP contribution in [-0.4, -0.2) is 222 Å². The van der Waals surface area contributed by atoms with E-state index in [1.54, 1.807) is 0 Å². The van der Waals surface area contributed by atoms with E-state index in [1.165, 1.54) is 5.57 Å². The number of allylic oxidation sites excluding steroid dienone is 2. The van der Waals surface area contributed by atoms with E-state index in [-0.39, 0.29) is 59.2 Å². The van der Waals surface area contributed by atoms with Crippen molar-refractivity contribution in [2.75, 3.05) is 33.0 Å². The van der Waals surface area contributed by atoms with Crippen molar-refractivity contribution < 1.29 is 109 Å². The van der Waals surface area contributed by atoms with Gasteiger partial charge in [-0.05, 0) is 104 Å². The average molecular weight is 1060 g/mol. The Labute approximate surface area is 431 Å². The van der Waals surface area contributed by atoms with Crippen LogP contribution in [0, 0.1) is 50.2 Å². The molecule has 0 aromatic heterocycles. The average Bonchev–Trinajstić information content (AvgIpc) is 3.36. The predicted molar refractivity (Wildman–Crippen MR) is 252 cm³/mol. The quantitative estimate of drug-likeness (QED) is 0.0618. The Hall–Kier alpha value is -1.59. The largest absolute Gasteiger partial charge is 0.432 e. The summed E-state index contributed by atoms with van der Waals surface area (Å²) in [4.78, 5) is 15.1. The van der Waals surface area contributed by atoms with E-state index in [0.717, 1.165) is 25.7 Å². The number of fused-ring (bicyclic) bond motifs is 7. The Morgan fingerprint density at radius 2 is 1.23 bits per heavy atom. The lowest BCUT2D eigenvalue weighted by atomic mass is 9.33. The first-order valence-electron chi connectivity index (χ1n) is 26.8. The van der Waals surface area contributed by atoms with Crippen LogP contribution >= 0.6 is 0 Å². The molecule has 27 atom stereocenters. The second-order valence-corrected chi connectivity index (χ2v) is 25.3. The van der Waals surface area contributed by atoms with Crippen molar-refractivity contribution in [2.24, 2.45) is 50.2 Å². The van der Waals surface area contributed by atoms with E-state index in [4.69, 9.17) is 37.9 Å². The van der Waals surface area contributed by atoms with Crippen LogP contribution in [0.15, 0.2) is 11.6 Å². The SMILES string of the molecule is CC1(C)CCC2(C(=O)OC3OC(COC4OC(CO)C(O)C(O)C4O)C(O)C(O)C3O)CCC3(C)C(=CCC4C5(C)CCC(OC6OCC(O)C(O)C6OC6OCC(O)C(O)C6O)C(C)(CO)C5CCC43C)C2C1. The third kappa shape index (κ3) is 9.26. The molecular weight excluding hydrogens is 977 g/mol. The van der Waals surface area contributed by atoms with Crippen LogP contribution in [0.25, 0.3) is 0 Å². The normalized spacial score (nSPS) is 54.4. The van der Waals surface area contributed by atoms with E-state index in [1.807, 2.05) is 6.92 Å². The number of hydrogen-bond acceptors (Lipinski definition) is 22. The molecule has 9 rings (SSSR count). The van der Waals surface area contributed by atoms with Gasteiger partial charge in [0.1, 0.15) is 85.5 Å². The second-order valence-electron chi connectivity index (χ2n) is 25.3. The maximum Gasteiger partial charge on any atom is 0.315 e. The zero-order valence-electron chi connectivity index (χ0n) is 43.4. The van der Waals surface area contributed by atoms with E-state index < -0.39 is 147 Å². The van der Waals surface area contributed by atoms with Crippen molar-refractivity contribution in [1.29, 1.82) is 0 Å². The molecule has 0 bridgehead atoms. The maximum absolute atomic E-state index is 15.1. The van der Waals surface area contributed by atoms with Gasteiger partial charge in [-0.25, -0.2) is 0 Å². The standard InChI is InChI=1S/C52H84O22/c1-47(2)13-15-52(46(66)74-44-40(65)37(62)35(60)28(71-44)21-69-42-39(64)36(61)34(59)27(18-53)70-42)16-14-50(5)23(24(52)17-47)7-8-30-48(3)11-10-31(49(4,22-54)29(48)9-12-51(30,50)6)72-45-41(33(58)26(56)20-68-45)73-43-38(63)32(57)25(55)19-67-43/h7,24-45,53-65H,8-22H2,1-6H3. The Bertz CT molecular complexity index is 2030. The first-order chi connectivity index (χ1) is 34.7. The number of hydrogen-bond donors (Lipinski definition) is 13. The molecule has 0 aromatic carbocycles. The number of rotatable bonds is 11. The summed E-state index contributed by atoms with van der Waals surface area (Å²) >= 11 is 0. The first-order valence-corrected chi connectivity index (χ1v) is 26.8. The summed E-state index contributed by atoms with van der Waals surface area (Å²) in [5, 5.41) is 138. The number of aliphatic hydroxyl groups is 13. The van der Waals surface area contributed by atoms with Crippen LogP contribution in [0.3, 0.4) is 0 Å². The van der Waals surface area contributed by atoms with Crippen molar-refractivity contribution >= 4 is 5.97 Å². The monoisotopic (exact) mass is 1060 g/mol. The van der Waals surface area contributed by atoms with Crippen molar-refractivity contribution in [1.82, 2.24) is 0 Å². The molecule has 74 heavy (non-hydrogen) atoms. The highest BCUT2D eigenvalue weighted by Gasteiger charge is 2.70. The van der Waals surface area contributed by atoms with Crippen molar-refractivity contribution in [2.45, 2.75) is 222 Å². The summed E-state index contributed by atoms with van der Waals surface area (Å²) in [5.74, 6) is -0.723. The van der Waals surface area contributed by atoms with Gasteiger partial charge in [-0.1, -0.05) is 53.2 Å². The third-order valence-corrected chi connectivity index (χ3v) is 20.8. The van der Waals surface area contributed by atoms with Crippen molar-refractivity contribution in [3.8, 4) is 0 Å². The molecule has 4 saturated carbocycles. The van der Waals surface area contributed by atoms with E-state index in [9.17, 15) is 66.4 Å². The molecule has 0 aromatic rings. The molecule has 0 radical (unpaired) electrons. The van der Waals surface area contributed by atoms with Crippen molar-refractivity contribution in [3.05, 3.63) is 11.6 Å². The lowest BCUT2D eigenvalue weighted by Crippen LogP contribution is -2.67. The Morgan fingerprint density at radius 1 is 0.622 bits per heavy atom. The zero-order valence-corrected chi connectivity index (χ0v) is 43.4. The first kappa shape index (κ1) is 57.1. The molecule has 9 aliphatic rings. The van der Waals surface area contributed by atoms with Gasteiger partial charge in [0.2, 0.25) is 6.29 Å². The van der Waals surface area contributed by atoms with Crippen LogP contribution in [-0.2, 0) is 42.7 Å². The molecule has 5 aliphatic carbocycles. The van der Waals surface area contributed by atoms with Crippen LogP contribution in [0.1, 0.15) is 106 Å². The highest BCUT2D eigenvalue weighted by Crippen LogP contribution is 2.76. The smallest absolute Gasteiger partial charge is 0.315 e. The minimum atomic E-state index is -1.84. The van der Waals surface area contributed by atoms with E-state index in [2.05, 4.69) is 40.7 Å². The van der Waals surface area contributed by atoms with E-state index >= 15 is 4.79 Å². The summed E-state index contributed by atoms with van der Waals surface area (Å²) in [7, 11) is 0. The zero-order chi connectivity index (χ0) is 53.8. The number of carbonyl (C=O) groups is 1. The Balaban J connectivity index is 0.931. The Morgan fingerprint density at radius 3 is 1.91 bits per heavy atom. The van der Waals surface area contributed by atoms with Gasteiger partial charge in [-0.15, -0.1) is 0 Å². The summed E-state index contributed by atoms with van der Waals surface area (Å²) in [6.45, 7) is 11.4. The molecule has 22 heteroatoms. The molecular formula is C52H84O22. The molecule has 424 valence electrons. The number of aliphatic hydroxyl groups excluding tert-OH is 13. The van der Waals surface area contributed by atoms with Crippen LogP contribution in [0.2, 0.25) is 0 Å². The number of esters is 1. The summed E-state index contributed by atoms with van der Waals surface area (Å²) in [6, 6.07) is 0. The van der Waals surface area contributed by atoms with Gasteiger partial charge in [0, 0.05) is 5.41 Å². The van der Waals surface area contributed by atoms with Gasteiger partial charge in [0.15, 0.2) is 18.9 Å². The molecule has 4 aliphatic heterocycles. The highest BCUT2D eigenvalue weighted by molar-refractivity contribution is 5.79. The molecule has 22 nitrogen and oxygen atoms in total. The van der Waals surface area contributed by atoms with Crippen LogP contribution in [0.4, 0.5) is 0 Å². The number of ether oxygens (including phenoxy) is 8. The third-order valence-electron chi connectivity index (χ3n) is 20.8. The maximum atomic E-state index is 15.1. The van der Waals surface area contributed by atoms with Gasteiger partial charge in [-0.3, -0.25) is 4.79 Å². The van der Waals surface area contributed by atoms with Gasteiger partial charge in [0.25, 0.3) is 0 Å². The van der Waals surface area contributed by atoms with Crippen LogP contribution in [0.5, 0.6) is 0 Å². The molecule has 27 unspecified atom stereocenters. The van der Waals surface area contributed by atoms with Gasteiger partial charge in [0.05, 0.1) is 44.6 Å². The summed E-state index contributed by atoms with van der Waals surface area (Å²) < 4.78 is 47.3. The summed E-state index contributed by atoms with van der Waals surface area (Å²) in [5.41, 5.74) is -1.68. The molecule has 4 heterocycles. The lowest BCUT2D eigenvalue weighted by molar-refractivity contribution is -0.358. The predicted octanol–water partition coefficient (Wildman–Crippen LogP) is -1.78. The van der Waals surface area contributed by atoms with Gasteiger partial charge < -0.3 is 104 Å². The number of carbonyl (C=O) groups excluding carboxylic acids is 1. The fourth-order valence-electron chi connectivity index (χ4n) is 15.9.